The van der Waals surface area contributed by atoms with Crippen molar-refractivity contribution in [3.8, 4) is 0 Å². The predicted molar refractivity (Wildman–Crippen MR) is 64.8 cm³/mol. The highest BCUT2D eigenvalue weighted by Crippen LogP contribution is 2.38. The summed E-state index contributed by atoms with van der Waals surface area (Å²) < 4.78 is 48.5. The number of esters is 1. The van der Waals surface area contributed by atoms with Gasteiger partial charge in [-0.2, -0.15) is 8.42 Å². The minimum Gasteiger partial charge on any atom is -0.464 e. The summed E-state index contributed by atoms with van der Waals surface area (Å²) in [7, 11) is -4.28. The normalized spacial score (nSPS) is 38.8. The van der Waals surface area contributed by atoms with E-state index in [4.69, 9.17) is 22.6 Å². The Kier molecular flexibility index (Phi) is 3.85. The van der Waals surface area contributed by atoms with Gasteiger partial charge in [-0.15, -0.1) is 0 Å². The van der Waals surface area contributed by atoms with Crippen LogP contribution in [-0.4, -0.2) is 51.2 Å². The Morgan fingerprint density at radius 2 is 2.00 bits per heavy atom. The van der Waals surface area contributed by atoms with E-state index >= 15 is 0 Å². The van der Waals surface area contributed by atoms with Crippen LogP contribution in [0.15, 0.2) is 0 Å². The molecule has 0 saturated carbocycles. The van der Waals surface area contributed by atoms with Gasteiger partial charge < -0.3 is 14.2 Å². The molecule has 0 radical (unpaired) electrons. The SMILES string of the molecule is CCOC(=O)C1(C)OS(=O)(=O)O[C@@H]1[C@H]1COC(C)(C)O1. The third kappa shape index (κ3) is 2.82. The summed E-state index contributed by atoms with van der Waals surface area (Å²) >= 11 is 0. The fourth-order valence-electron chi connectivity index (χ4n) is 2.20. The van der Waals surface area contributed by atoms with Crippen LogP contribution in [0.4, 0.5) is 0 Å². The molecule has 2 aliphatic heterocycles. The van der Waals surface area contributed by atoms with Crippen LogP contribution in [0.25, 0.3) is 0 Å². The topological polar surface area (TPSA) is 97.4 Å². The zero-order valence-electron chi connectivity index (χ0n) is 11.7. The quantitative estimate of drug-likeness (QED) is 0.678. The van der Waals surface area contributed by atoms with Crippen LogP contribution in [0.3, 0.4) is 0 Å². The van der Waals surface area contributed by atoms with Gasteiger partial charge in [0.25, 0.3) is 0 Å². The van der Waals surface area contributed by atoms with E-state index < -0.39 is 40.0 Å². The van der Waals surface area contributed by atoms with Gasteiger partial charge >= 0.3 is 16.4 Å². The van der Waals surface area contributed by atoms with E-state index in [2.05, 4.69) is 0 Å². The Bertz CT molecular complexity index is 499. The number of carbonyl (C=O) groups is 1. The third-order valence-electron chi connectivity index (χ3n) is 3.09. The van der Waals surface area contributed by atoms with E-state index in [-0.39, 0.29) is 13.2 Å². The second kappa shape index (κ2) is 4.92. The Morgan fingerprint density at radius 1 is 1.35 bits per heavy atom. The van der Waals surface area contributed by atoms with Gasteiger partial charge in [-0.1, -0.05) is 0 Å². The molecular weight excluding hydrogens is 292 g/mol. The Balaban J connectivity index is 2.27. The van der Waals surface area contributed by atoms with Gasteiger partial charge in [0.05, 0.1) is 13.2 Å². The second-order valence-corrected chi connectivity index (χ2v) is 6.38. The van der Waals surface area contributed by atoms with Gasteiger partial charge in [0.2, 0.25) is 5.60 Å². The molecule has 0 N–H and O–H groups in total. The van der Waals surface area contributed by atoms with Gasteiger partial charge in [0.1, 0.15) is 12.2 Å². The molecule has 20 heavy (non-hydrogen) atoms. The Morgan fingerprint density at radius 3 is 2.50 bits per heavy atom. The highest BCUT2D eigenvalue weighted by Gasteiger charge is 2.61. The van der Waals surface area contributed by atoms with Gasteiger partial charge in [-0.05, 0) is 27.7 Å². The summed E-state index contributed by atoms with van der Waals surface area (Å²) in [5.41, 5.74) is -1.79. The van der Waals surface area contributed by atoms with Crippen molar-refractivity contribution >= 4 is 16.4 Å². The highest BCUT2D eigenvalue weighted by molar-refractivity contribution is 7.82. The molecule has 0 spiro atoms. The van der Waals surface area contributed by atoms with Gasteiger partial charge in [0.15, 0.2) is 5.79 Å². The number of carbonyl (C=O) groups excluding carboxylic acids is 1. The molecule has 0 aromatic rings. The maximum Gasteiger partial charge on any atom is 0.401 e. The van der Waals surface area contributed by atoms with E-state index in [9.17, 15) is 13.2 Å². The van der Waals surface area contributed by atoms with Crippen LogP contribution in [0, 0.1) is 0 Å². The molecule has 0 aromatic carbocycles. The molecule has 2 rings (SSSR count). The molecule has 0 aromatic heterocycles. The lowest BCUT2D eigenvalue weighted by Gasteiger charge is -2.27. The van der Waals surface area contributed by atoms with Crippen molar-refractivity contribution in [2.45, 2.75) is 51.3 Å². The van der Waals surface area contributed by atoms with Crippen molar-refractivity contribution in [3.05, 3.63) is 0 Å². The number of rotatable bonds is 3. The predicted octanol–water partition coefficient (Wildman–Crippen LogP) is 0.120. The molecule has 8 nitrogen and oxygen atoms in total. The first-order valence-corrected chi connectivity index (χ1v) is 7.56. The third-order valence-corrected chi connectivity index (χ3v) is 4.08. The molecule has 3 atom stereocenters. The van der Waals surface area contributed by atoms with Crippen LogP contribution < -0.4 is 0 Å². The molecule has 2 fully saturated rings. The molecule has 9 heteroatoms. The maximum atomic E-state index is 12.0. The number of hydrogen-bond acceptors (Lipinski definition) is 8. The lowest BCUT2D eigenvalue weighted by atomic mass is 9.95. The number of ether oxygens (including phenoxy) is 3. The van der Waals surface area contributed by atoms with Gasteiger partial charge in [0, 0.05) is 0 Å². The van der Waals surface area contributed by atoms with Crippen molar-refractivity contribution < 1.29 is 35.8 Å². The van der Waals surface area contributed by atoms with Crippen LogP contribution in [-0.2, 0) is 37.8 Å². The van der Waals surface area contributed by atoms with Crippen LogP contribution in [0.1, 0.15) is 27.7 Å². The molecule has 1 unspecified atom stereocenters. The Labute approximate surface area is 117 Å². The molecule has 0 amide bonds. The minimum atomic E-state index is -4.28. The summed E-state index contributed by atoms with van der Waals surface area (Å²) in [6.45, 7) is 6.45. The average Bonchev–Trinajstić information content (AvgIpc) is 2.77. The molecule has 0 aliphatic carbocycles. The highest BCUT2D eigenvalue weighted by atomic mass is 32.3. The van der Waals surface area contributed by atoms with E-state index in [1.54, 1.807) is 20.8 Å². The van der Waals surface area contributed by atoms with Crippen molar-refractivity contribution in [2.24, 2.45) is 0 Å². The average molecular weight is 310 g/mol. The van der Waals surface area contributed by atoms with Crippen molar-refractivity contribution in [3.63, 3.8) is 0 Å². The maximum absolute atomic E-state index is 12.0. The summed E-state index contributed by atoms with van der Waals surface area (Å²) in [5.74, 6) is -1.70. The lowest BCUT2D eigenvalue weighted by molar-refractivity contribution is -0.175. The molecule has 116 valence electrons. The summed E-state index contributed by atoms with van der Waals surface area (Å²) in [4.78, 5) is 12.0. The van der Waals surface area contributed by atoms with Gasteiger partial charge in [-0.25, -0.2) is 13.2 Å². The van der Waals surface area contributed by atoms with Gasteiger partial charge in [-0.3, -0.25) is 0 Å². The fraction of sp³-hybridized carbons (Fsp3) is 0.909. The summed E-state index contributed by atoms with van der Waals surface area (Å²) in [5, 5.41) is 0. The van der Waals surface area contributed by atoms with Crippen molar-refractivity contribution in [2.75, 3.05) is 13.2 Å². The molecule has 2 aliphatic rings. The zero-order valence-corrected chi connectivity index (χ0v) is 12.6. The van der Waals surface area contributed by atoms with Crippen LogP contribution in [0.2, 0.25) is 0 Å². The van der Waals surface area contributed by atoms with E-state index in [0.29, 0.717) is 0 Å². The first-order chi connectivity index (χ1) is 9.10. The van der Waals surface area contributed by atoms with Crippen molar-refractivity contribution in [1.29, 1.82) is 0 Å². The second-order valence-electron chi connectivity index (χ2n) is 5.20. The van der Waals surface area contributed by atoms with Crippen LogP contribution >= 0.6 is 0 Å². The van der Waals surface area contributed by atoms with E-state index in [1.165, 1.54) is 6.92 Å². The van der Waals surface area contributed by atoms with Crippen molar-refractivity contribution in [1.82, 2.24) is 0 Å². The zero-order chi connectivity index (χ0) is 15.2. The largest absolute Gasteiger partial charge is 0.464 e. The molecule has 2 saturated heterocycles. The van der Waals surface area contributed by atoms with E-state index in [0.717, 1.165) is 0 Å². The summed E-state index contributed by atoms with van der Waals surface area (Å²) in [6.07, 6.45) is -1.91. The fourth-order valence-corrected chi connectivity index (χ4v) is 3.39. The van der Waals surface area contributed by atoms with Crippen LogP contribution in [0.5, 0.6) is 0 Å². The lowest BCUT2D eigenvalue weighted by Crippen LogP contribution is -2.52. The first kappa shape index (κ1) is 15.6. The molecular formula is C11H18O8S. The standard InChI is InChI=1S/C11H18O8S/c1-5-15-9(12)11(4)8(18-20(13,14)19-11)7-6-16-10(2,3)17-7/h7-8H,5-6H2,1-4H3/t7-,8-,11?/m1/s1. The minimum absolute atomic E-state index is 0.0888. The first-order valence-electron chi connectivity index (χ1n) is 6.22. The smallest absolute Gasteiger partial charge is 0.401 e. The van der Waals surface area contributed by atoms with E-state index in [1.807, 2.05) is 0 Å². The molecule has 0 bridgehead atoms. The summed E-state index contributed by atoms with van der Waals surface area (Å²) in [6, 6.07) is 0. The number of hydrogen-bond donors (Lipinski definition) is 0. The Hall–Kier alpha value is -0.740. The molecule has 2 heterocycles. The monoisotopic (exact) mass is 310 g/mol.